The van der Waals surface area contributed by atoms with Gasteiger partial charge in [0.1, 0.15) is 0 Å². The van der Waals surface area contributed by atoms with Gasteiger partial charge in [0, 0.05) is 32.7 Å². The first-order valence-electron chi connectivity index (χ1n) is 9.39. The number of hydrogen-bond donors (Lipinski definition) is 1. The summed E-state index contributed by atoms with van der Waals surface area (Å²) in [6.45, 7) is 13.6. The molecular formula is C18H36N4O. The summed E-state index contributed by atoms with van der Waals surface area (Å²) in [6, 6.07) is 0. The molecule has 2 aliphatic rings. The number of morpholine rings is 1. The third kappa shape index (κ3) is 5.64. The highest BCUT2D eigenvalue weighted by atomic mass is 16.5. The molecule has 0 aromatic heterocycles. The Balaban J connectivity index is 1.97. The second-order valence-corrected chi connectivity index (χ2v) is 7.54. The molecular weight excluding hydrogens is 288 g/mol. The highest BCUT2D eigenvalue weighted by Gasteiger charge is 2.31. The number of guanidine groups is 1. The Morgan fingerprint density at radius 2 is 2.17 bits per heavy atom. The molecule has 2 heterocycles. The van der Waals surface area contributed by atoms with Gasteiger partial charge in [0.2, 0.25) is 0 Å². The van der Waals surface area contributed by atoms with E-state index in [1.807, 2.05) is 0 Å². The third-order valence-corrected chi connectivity index (χ3v) is 5.06. The van der Waals surface area contributed by atoms with Crippen LogP contribution in [0.1, 0.15) is 46.5 Å². The minimum Gasteiger partial charge on any atom is -0.374 e. The van der Waals surface area contributed by atoms with Crippen LogP contribution in [0.25, 0.3) is 0 Å². The Morgan fingerprint density at radius 1 is 1.35 bits per heavy atom. The molecule has 23 heavy (non-hydrogen) atoms. The van der Waals surface area contributed by atoms with Crippen molar-refractivity contribution < 1.29 is 4.74 Å². The van der Waals surface area contributed by atoms with Crippen LogP contribution in [0.15, 0.2) is 4.99 Å². The van der Waals surface area contributed by atoms with E-state index in [0.717, 1.165) is 51.8 Å². The molecule has 5 heteroatoms. The summed E-state index contributed by atoms with van der Waals surface area (Å²) in [5, 5.41) is 3.49. The smallest absolute Gasteiger partial charge is 0.194 e. The summed E-state index contributed by atoms with van der Waals surface area (Å²) < 4.78 is 5.85. The van der Waals surface area contributed by atoms with Gasteiger partial charge < -0.3 is 19.9 Å². The fourth-order valence-electron chi connectivity index (χ4n) is 3.90. The Kier molecular flexibility index (Phi) is 7.15. The fourth-order valence-corrected chi connectivity index (χ4v) is 3.90. The Morgan fingerprint density at radius 3 is 2.87 bits per heavy atom. The van der Waals surface area contributed by atoms with Crippen LogP contribution in [-0.4, -0.2) is 74.8 Å². The van der Waals surface area contributed by atoms with Gasteiger partial charge in [-0.05, 0) is 38.6 Å². The summed E-state index contributed by atoms with van der Waals surface area (Å²) in [4.78, 5) is 9.70. The highest BCUT2D eigenvalue weighted by molar-refractivity contribution is 5.80. The molecule has 0 aliphatic carbocycles. The molecule has 5 nitrogen and oxygen atoms in total. The van der Waals surface area contributed by atoms with Crippen LogP contribution < -0.4 is 5.32 Å². The number of piperidine rings is 1. The van der Waals surface area contributed by atoms with Crippen molar-refractivity contribution in [1.82, 2.24) is 15.1 Å². The molecule has 0 aromatic carbocycles. The van der Waals surface area contributed by atoms with E-state index < -0.39 is 0 Å². The van der Waals surface area contributed by atoms with E-state index >= 15 is 0 Å². The van der Waals surface area contributed by atoms with E-state index in [9.17, 15) is 0 Å². The lowest BCUT2D eigenvalue weighted by Gasteiger charge is -2.42. The number of aliphatic imine (C=N–C) groups is 1. The zero-order chi connectivity index (χ0) is 16.7. The van der Waals surface area contributed by atoms with Crippen molar-refractivity contribution in [3.63, 3.8) is 0 Å². The first kappa shape index (κ1) is 18.5. The topological polar surface area (TPSA) is 40.1 Å². The van der Waals surface area contributed by atoms with Crippen molar-refractivity contribution in [2.45, 2.75) is 52.6 Å². The van der Waals surface area contributed by atoms with E-state index in [-0.39, 0.29) is 6.10 Å². The highest BCUT2D eigenvalue weighted by Crippen LogP contribution is 2.33. The minimum absolute atomic E-state index is 0.231. The summed E-state index contributed by atoms with van der Waals surface area (Å²) in [5.74, 6) is 1.08. The Hall–Kier alpha value is -0.810. The van der Waals surface area contributed by atoms with E-state index in [0.29, 0.717) is 5.41 Å². The predicted molar refractivity (Wildman–Crippen MR) is 97.0 cm³/mol. The molecule has 2 atom stereocenters. The van der Waals surface area contributed by atoms with Gasteiger partial charge in [0.25, 0.3) is 0 Å². The van der Waals surface area contributed by atoms with E-state index in [4.69, 9.17) is 9.73 Å². The van der Waals surface area contributed by atoms with Crippen LogP contribution in [0.5, 0.6) is 0 Å². The maximum atomic E-state index is 5.85. The first-order chi connectivity index (χ1) is 11.1. The van der Waals surface area contributed by atoms with Crippen LogP contribution in [0.2, 0.25) is 0 Å². The summed E-state index contributed by atoms with van der Waals surface area (Å²) in [6.07, 6.45) is 5.41. The van der Waals surface area contributed by atoms with Gasteiger partial charge in [0.05, 0.1) is 19.3 Å². The molecule has 0 bridgehead atoms. The number of hydrogen-bond acceptors (Lipinski definition) is 3. The Labute approximate surface area is 142 Å². The molecule has 2 rings (SSSR count). The number of likely N-dealkylation sites (tertiary alicyclic amines) is 1. The number of nitrogens with zero attached hydrogens (tertiary/aromatic N) is 3. The van der Waals surface area contributed by atoms with Crippen molar-refractivity contribution in [2.24, 2.45) is 10.4 Å². The molecule has 0 aromatic rings. The van der Waals surface area contributed by atoms with Gasteiger partial charge in [-0.25, -0.2) is 0 Å². The number of nitrogens with one attached hydrogen (secondary N) is 1. The SMILES string of the molecule is CCCC1(C)CCCN(C(=NCC2CN(C)CCO2)NCC)C1. The molecule has 0 saturated carbocycles. The predicted octanol–water partition coefficient (Wildman–Crippen LogP) is 2.18. The van der Waals surface area contributed by atoms with Crippen molar-refractivity contribution in [2.75, 3.05) is 52.9 Å². The molecule has 2 fully saturated rings. The zero-order valence-corrected chi connectivity index (χ0v) is 15.6. The van der Waals surface area contributed by atoms with E-state index in [1.165, 1.54) is 25.7 Å². The number of ether oxygens (including phenoxy) is 1. The van der Waals surface area contributed by atoms with Gasteiger partial charge in [-0.1, -0.05) is 20.3 Å². The van der Waals surface area contributed by atoms with Gasteiger partial charge in [0.15, 0.2) is 5.96 Å². The monoisotopic (exact) mass is 324 g/mol. The van der Waals surface area contributed by atoms with Gasteiger partial charge >= 0.3 is 0 Å². The molecule has 1 N–H and O–H groups in total. The second-order valence-electron chi connectivity index (χ2n) is 7.54. The maximum absolute atomic E-state index is 5.85. The van der Waals surface area contributed by atoms with E-state index in [1.54, 1.807) is 0 Å². The molecule has 0 radical (unpaired) electrons. The average molecular weight is 325 g/mol. The van der Waals surface area contributed by atoms with Crippen molar-refractivity contribution in [3.05, 3.63) is 0 Å². The summed E-state index contributed by atoms with van der Waals surface area (Å²) in [5.41, 5.74) is 0.435. The molecule has 2 aliphatic heterocycles. The quantitative estimate of drug-likeness (QED) is 0.622. The summed E-state index contributed by atoms with van der Waals surface area (Å²) in [7, 11) is 2.16. The van der Waals surface area contributed by atoms with Crippen molar-refractivity contribution in [3.8, 4) is 0 Å². The Bertz CT molecular complexity index is 383. The first-order valence-corrected chi connectivity index (χ1v) is 9.39. The van der Waals surface area contributed by atoms with Crippen molar-refractivity contribution in [1.29, 1.82) is 0 Å². The lowest BCUT2D eigenvalue weighted by atomic mass is 9.78. The zero-order valence-electron chi connectivity index (χ0n) is 15.6. The third-order valence-electron chi connectivity index (χ3n) is 5.06. The standard InChI is InChI=1S/C18H36N4O/c1-5-8-18(3)9-7-10-22(15-18)17(19-6-2)20-13-16-14-21(4)11-12-23-16/h16H,5-15H2,1-4H3,(H,19,20). The van der Waals surface area contributed by atoms with Crippen LogP contribution in [-0.2, 0) is 4.74 Å². The maximum Gasteiger partial charge on any atom is 0.194 e. The van der Waals surface area contributed by atoms with E-state index in [2.05, 4.69) is 42.9 Å². The second kappa shape index (κ2) is 8.88. The van der Waals surface area contributed by atoms with Crippen LogP contribution in [0.4, 0.5) is 0 Å². The molecule has 134 valence electrons. The number of rotatable bonds is 5. The van der Waals surface area contributed by atoms with Gasteiger partial charge in [-0.2, -0.15) is 0 Å². The molecule has 0 spiro atoms. The molecule has 0 amide bonds. The minimum atomic E-state index is 0.231. The summed E-state index contributed by atoms with van der Waals surface area (Å²) >= 11 is 0. The molecule has 2 unspecified atom stereocenters. The lowest BCUT2D eigenvalue weighted by Crippen LogP contribution is -2.50. The van der Waals surface area contributed by atoms with Gasteiger partial charge in [-0.3, -0.25) is 4.99 Å². The van der Waals surface area contributed by atoms with Gasteiger partial charge in [-0.15, -0.1) is 0 Å². The average Bonchev–Trinajstić information content (AvgIpc) is 2.51. The largest absolute Gasteiger partial charge is 0.374 e. The molecule has 2 saturated heterocycles. The fraction of sp³-hybridized carbons (Fsp3) is 0.944. The van der Waals surface area contributed by atoms with Crippen LogP contribution in [0, 0.1) is 5.41 Å². The number of likely N-dealkylation sites (N-methyl/N-ethyl adjacent to an activating group) is 1. The van der Waals surface area contributed by atoms with Crippen LogP contribution >= 0.6 is 0 Å². The lowest BCUT2D eigenvalue weighted by molar-refractivity contribution is -0.0138. The van der Waals surface area contributed by atoms with Crippen LogP contribution in [0.3, 0.4) is 0 Å². The normalized spacial score (nSPS) is 30.5. The van der Waals surface area contributed by atoms with Crippen molar-refractivity contribution >= 4 is 5.96 Å².